The molecule has 0 unspecified atom stereocenters. The number of aromatic carboxylic acids is 1. The lowest BCUT2D eigenvalue weighted by atomic mass is 10.1. The lowest BCUT2D eigenvalue weighted by molar-refractivity contribution is 0.0689. The number of hydrogen-bond acceptors (Lipinski definition) is 3. The maximum atomic E-state index is 10.5. The fraction of sp³-hybridized carbons (Fsp3) is 0.250. The summed E-state index contributed by atoms with van der Waals surface area (Å²) in [6.45, 7) is 3.27. The van der Waals surface area contributed by atoms with E-state index in [2.05, 4.69) is 4.98 Å². The molecule has 1 rings (SSSR count). The molecule has 0 spiro atoms. The Bertz CT molecular complexity index is 333. The molecule has 1 aromatic heterocycles. The third-order valence-electron chi connectivity index (χ3n) is 1.82. The summed E-state index contributed by atoms with van der Waals surface area (Å²) in [6, 6.07) is 0. The Labute approximate surface area is 69.5 Å². The average molecular weight is 167 g/mol. The van der Waals surface area contributed by atoms with Crippen molar-refractivity contribution < 1.29 is 15.0 Å². The van der Waals surface area contributed by atoms with E-state index in [0.29, 0.717) is 11.1 Å². The van der Waals surface area contributed by atoms with Crippen molar-refractivity contribution in [1.82, 2.24) is 4.98 Å². The molecule has 2 N–H and O–H groups in total. The fourth-order valence-corrected chi connectivity index (χ4v) is 0.905. The van der Waals surface area contributed by atoms with Gasteiger partial charge in [0.15, 0.2) is 5.69 Å². The highest BCUT2D eigenvalue weighted by molar-refractivity contribution is 5.87. The van der Waals surface area contributed by atoms with Crippen LogP contribution >= 0.6 is 0 Å². The van der Waals surface area contributed by atoms with Gasteiger partial charge in [-0.25, -0.2) is 9.78 Å². The molecule has 0 atom stereocenters. The molecule has 0 bridgehead atoms. The Morgan fingerprint density at radius 2 is 2.00 bits per heavy atom. The zero-order valence-corrected chi connectivity index (χ0v) is 6.83. The largest absolute Gasteiger partial charge is 0.506 e. The van der Waals surface area contributed by atoms with E-state index in [1.807, 2.05) is 0 Å². The summed E-state index contributed by atoms with van der Waals surface area (Å²) < 4.78 is 0. The molecule has 0 aliphatic heterocycles. The van der Waals surface area contributed by atoms with Gasteiger partial charge in [-0.3, -0.25) is 0 Å². The minimum absolute atomic E-state index is 0.00898. The second kappa shape index (κ2) is 2.81. The van der Waals surface area contributed by atoms with Crippen LogP contribution in [0.15, 0.2) is 6.20 Å². The number of hydrogen-bond donors (Lipinski definition) is 2. The van der Waals surface area contributed by atoms with Gasteiger partial charge in [0.05, 0.1) is 6.20 Å². The summed E-state index contributed by atoms with van der Waals surface area (Å²) in [7, 11) is 0. The molecule has 0 aliphatic carbocycles. The van der Waals surface area contributed by atoms with Crippen LogP contribution in [0.2, 0.25) is 0 Å². The first-order valence-electron chi connectivity index (χ1n) is 3.42. The minimum atomic E-state index is -1.07. The van der Waals surface area contributed by atoms with Crippen molar-refractivity contribution in [1.29, 1.82) is 0 Å². The predicted molar refractivity (Wildman–Crippen MR) is 42.3 cm³/mol. The van der Waals surface area contributed by atoms with Crippen molar-refractivity contribution in [3.8, 4) is 5.75 Å². The van der Waals surface area contributed by atoms with Crippen molar-refractivity contribution in [3.63, 3.8) is 0 Å². The zero-order valence-electron chi connectivity index (χ0n) is 6.83. The molecule has 4 nitrogen and oxygen atoms in total. The second-order valence-electron chi connectivity index (χ2n) is 2.55. The summed E-state index contributed by atoms with van der Waals surface area (Å²) in [6.07, 6.45) is 1.14. The summed E-state index contributed by atoms with van der Waals surface area (Å²) in [5.74, 6) is -1.05. The molecule has 12 heavy (non-hydrogen) atoms. The molecule has 0 fully saturated rings. The summed E-state index contributed by atoms with van der Waals surface area (Å²) in [4.78, 5) is 14.1. The van der Waals surface area contributed by atoms with Gasteiger partial charge in [0, 0.05) is 0 Å². The van der Waals surface area contributed by atoms with Gasteiger partial charge in [-0.05, 0) is 25.0 Å². The van der Waals surface area contributed by atoms with Crippen molar-refractivity contribution in [3.05, 3.63) is 23.0 Å². The fourth-order valence-electron chi connectivity index (χ4n) is 0.905. The van der Waals surface area contributed by atoms with Crippen LogP contribution in [0.3, 0.4) is 0 Å². The van der Waals surface area contributed by atoms with E-state index in [0.717, 1.165) is 6.20 Å². The number of carboxylic acid groups (broad SMARTS) is 1. The lowest BCUT2D eigenvalue weighted by Crippen LogP contribution is -2.04. The Hall–Kier alpha value is -1.58. The third kappa shape index (κ3) is 1.23. The number of carboxylic acids is 1. The summed E-state index contributed by atoms with van der Waals surface area (Å²) >= 11 is 0. The maximum Gasteiger partial charge on any atom is 0.354 e. The van der Waals surface area contributed by atoms with E-state index < -0.39 is 5.97 Å². The van der Waals surface area contributed by atoms with Gasteiger partial charge in [0.25, 0.3) is 0 Å². The first kappa shape index (κ1) is 8.52. The van der Waals surface area contributed by atoms with Crippen LogP contribution in [-0.4, -0.2) is 21.2 Å². The highest BCUT2D eigenvalue weighted by Crippen LogP contribution is 2.19. The Kier molecular flexibility index (Phi) is 1.99. The highest BCUT2D eigenvalue weighted by Gasteiger charge is 2.12. The standard InChI is InChI=1S/C8H9NO3/c1-4-5(2)7(8(11)12)9-3-6(4)10/h3,10H,1-2H3,(H,11,12). The van der Waals surface area contributed by atoms with Crippen LogP contribution in [0.5, 0.6) is 5.75 Å². The minimum Gasteiger partial charge on any atom is -0.506 e. The number of carbonyl (C=O) groups is 1. The third-order valence-corrected chi connectivity index (χ3v) is 1.82. The number of rotatable bonds is 1. The Morgan fingerprint density at radius 1 is 1.42 bits per heavy atom. The molecule has 0 aromatic carbocycles. The molecule has 4 heteroatoms. The quantitative estimate of drug-likeness (QED) is 0.657. The van der Waals surface area contributed by atoms with Crippen molar-refractivity contribution in [2.75, 3.05) is 0 Å². The molecular weight excluding hydrogens is 158 g/mol. The number of aromatic nitrogens is 1. The topological polar surface area (TPSA) is 70.4 Å². The van der Waals surface area contributed by atoms with Crippen LogP contribution in [0.4, 0.5) is 0 Å². The smallest absolute Gasteiger partial charge is 0.354 e. The lowest BCUT2D eigenvalue weighted by Gasteiger charge is -2.04. The monoisotopic (exact) mass is 167 g/mol. The van der Waals surface area contributed by atoms with Crippen LogP contribution in [0.1, 0.15) is 21.6 Å². The molecule has 1 heterocycles. The van der Waals surface area contributed by atoms with E-state index in [-0.39, 0.29) is 11.4 Å². The molecule has 0 radical (unpaired) electrons. The molecule has 0 aliphatic rings. The van der Waals surface area contributed by atoms with E-state index >= 15 is 0 Å². The molecule has 64 valence electrons. The van der Waals surface area contributed by atoms with Crippen molar-refractivity contribution in [2.45, 2.75) is 13.8 Å². The maximum absolute atomic E-state index is 10.5. The number of aromatic hydroxyl groups is 1. The normalized spacial score (nSPS) is 9.83. The van der Waals surface area contributed by atoms with Gasteiger partial charge < -0.3 is 10.2 Å². The average Bonchev–Trinajstić information content (AvgIpc) is 2.00. The van der Waals surface area contributed by atoms with Gasteiger partial charge in [0.1, 0.15) is 5.75 Å². The first-order chi connectivity index (χ1) is 5.54. The Balaban J connectivity index is 3.36. The van der Waals surface area contributed by atoms with Crippen LogP contribution in [0, 0.1) is 13.8 Å². The van der Waals surface area contributed by atoms with E-state index in [4.69, 9.17) is 10.2 Å². The van der Waals surface area contributed by atoms with Crippen LogP contribution in [-0.2, 0) is 0 Å². The van der Waals surface area contributed by atoms with Crippen LogP contribution in [0.25, 0.3) is 0 Å². The van der Waals surface area contributed by atoms with Crippen molar-refractivity contribution in [2.24, 2.45) is 0 Å². The SMILES string of the molecule is Cc1c(O)cnc(C(=O)O)c1C. The zero-order chi connectivity index (χ0) is 9.30. The predicted octanol–water partition coefficient (Wildman–Crippen LogP) is 1.10. The van der Waals surface area contributed by atoms with E-state index in [1.54, 1.807) is 13.8 Å². The Morgan fingerprint density at radius 3 is 2.50 bits per heavy atom. The van der Waals surface area contributed by atoms with Gasteiger partial charge in [-0.15, -0.1) is 0 Å². The van der Waals surface area contributed by atoms with E-state index in [1.165, 1.54) is 0 Å². The summed E-state index contributed by atoms with van der Waals surface area (Å²) in [5, 5.41) is 17.8. The van der Waals surface area contributed by atoms with Gasteiger partial charge in [-0.1, -0.05) is 0 Å². The van der Waals surface area contributed by atoms with Crippen LogP contribution < -0.4 is 0 Å². The molecule has 1 aromatic rings. The summed E-state index contributed by atoms with van der Waals surface area (Å²) in [5.41, 5.74) is 1.05. The molecule has 0 saturated carbocycles. The number of pyridine rings is 1. The molecule has 0 saturated heterocycles. The number of nitrogens with zero attached hydrogens (tertiary/aromatic N) is 1. The van der Waals surface area contributed by atoms with Gasteiger partial charge >= 0.3 is 5.97 Å². The molecule has 0 amide bonds. The molecular formula is C8H9NO3. The van der Waals surface area contributed by atoms with E-state index in [9.17, 15) is 4.79 Å². The van der Waals surface area contributed by atoms with Crippen molar-refractivity contribution >= 4 is 5.97 Å². The van der Waals surface area contributed by atoms with Gasteiger partial charge in [0.2, 0.25) is 0 Å². The second-order valence-corrected chi connectivity index (χ2v) is 2.55. The highest BCUT2D eigenvalue weighted by atomic mass is 16.4. The van der Waals surface area contributed by atoms with Gasteiger partial charge in [-0.2, -0.15) is 0 Å². The first-order valence-corrected chi connectivity index (χ1v) is 3.42.